The van der Waals surface area contributed by atoms with Crippen molar-refractivity contribution in [2.45, 2.75) is 238 Å². The Balaban J connectivity index is 2.04. The monoisotopic (exact) mass is 846 g/mol. The summed E-state index contributed by atoms with van der Waals surface area (Å²) in [7, 11) is 0. The van der Waals surface area contributed by atoms with Gasteiger partial charge >= 0.3 is 6.09 Å². The summed E-state index contributed by atoms with van der Waals surface area (Å²) >= 11 is 0. The summed E-state index contributed by atoms with van der Waals surface area (Å²) in [4.78, 5) is 42.4. The molecule has 1 saturated heterocycles. The van der Waals surface area contributed by atoms with Gasteiger partial charge < -0.3 is 40.3 Å². The lowest BCUT2D eigenvalue weighted by molar-refractivity contribution is -0.231. The van der Waals surface area contributed by atoms with E-state index in [1.54, 1.807) is 18.7 Å². The summed E-state index contributed by atoms with van der Waals surface area (Å²) in [6.07, 6.45) is 23.9. The zero-order valence-corrected chi connectivity index (χ0v) is 38.3. The molecule has 6 atom stereocenters. The van der Waals surface area contributed by atoms with Crippen molar-refractivity contribution in [2.75, 3.05) is 13.2 Å². The minimum atomic E-state index is -1.54. The Morgan fingerprint density at radius 3 is 1.62 bits per heavy atom. The first-order chi connectivity index (χ1) is 29.1. The van der Waals surface area contributed by atoms with Gasteiger partial charge in [-0.05, 0) is 24.3 Å². The van der Waals surface area contributed by atoms with Crippen LogP contribution in [0.2, 0.25) is 0 Å². The molecule has 0 unspecified atom stereocenters. The average Bonchev–Trinajstić information content (AvgIpc) is 3.24. The zero-order chi connectivity index (χ0) is 43.8. The minimum absolute atomic E-state index is 0.0283. The van der Waals surface area contributed by atoms with Crippen molar-refractivity contribution >= 4 is 17.9 Å². The van der Waals surface area contributed by atoms with Gasteiger partial charge in [-0.1, -0.05) is 206 Å². The highest BCUT2D eigenvalue weighted by atomic mass is 16.6. The minimum Gasteiger partial charge on any atom is -0.445 e. The molecule has 1 aromatic rings. The molecule has 0 aliphatic carbocycles. The van der Waals surface area contributed by atoms with Crippen LogP contribution in [-0.4, -0.2) is 87.9 Å². The van der Waals surface area contributed by atoms with Crippen LogP contribution in [-0.2, 0) is 25.7 Å². The van der Waals surface area contributed by atoms with Gasteiger partial charge in [0.1, 0.15) is 37.0 Å². The number of unbranched alkanes of at least 4 members (excludes halogenated alkanes) is 23. The van der Waals surface area contributed by atoms with Crippen molar-refractivity contribution in [3.05, 3.63) is 35.9 Å². The van der Waals surface area contributed by atoms with Crippen LogP contribution < -0.4 is 10.6 Å². The molecule has 5 N–H and O–H groups in total. The van der Waals surface area contributed by atoms with E-state index in [1.807, 2.05) is 30.3 Å². The molecule has 0 spiro atoms. The molecule has 1 heterocycles. The van der Waals surface area contributed by atoms with Gasteiger partial charge in [-0.15, -0.1) is 0 Å². The Morgan fingerprint density at radius 1 is 0.683 bits per heavy atom. The number of hydrogen-bond acceptors (Lipinski definition) is 8. The first kappa shape index (κ1) is 53.4. The predicted octanol–water partition coefficient (Wildman–Crippen LogP) is 9.87. The number of hydrogen-bond donors (Lipinski definition) is 5. The van der Waals surface area contributed by atoms with Crippen molar-refractivity contribution in [2.24, 2.45) is 5.92 Å². The van der Waals surface area contributed by atoms with Crippen LogP contribution in [0.3, 0.4) is 0 Å². The van der Waals surface area contributed by atoms with Gasteiger partial charge in [0.05, 0.1) is 6.61 Å². The molecule has 0 bridgehead atoms. The molecule has 11 heteroatoms. The van der Waals surface area contributed by atoms with Gasteiger partial charge in [0.2, 0.25) is 11.8 Å². The van der Waals surface area contributed by atoms with Crippen molar-refractivity contribution in [3.8, 4) is 0 Å². The number of benzene rings is 1. The number of nitrogens with one attached hydrogen (secondary N) is 2. The summed E-state index contributed by atoms with van der Waals surface area (Å²) in [5, 5.41) is 38.1. The third-order valence-electron chi connectivity index (χ3n) is 12.0. The molecule has 60 heavy (non-hydrogen) atoms. The summed E-state index contributed by atoms with van der Waals surface area (Å²) < 4.78 is 11.6. The van der Waals surface area contributed by atoms with Crippen molar-refractivity contribution < 1.29 is 39.2 Å². The number of nitrogens with zero attached hydrogens (tertiary/aromatic N) is 1. The molecular weight excluding hydrogens is 759 g/mol. The highest BCUT2D eigenvalue weighted by Gasteiger charge is 2.48. The lowest BCUT2D eigenvalue weighted by Gasteiger charge is -2.47. The normalized spacial score (nSPS) is 19.6. The molecule has 0 aromatic heterocycles. The lowest BCUT2D eigenvalue weighted by atomic mass is 9.93. The van der Waals surface area contributed by atoms with Crippen LogP contribution in [0.15, 0.2) is 30.3 Å². The zero-order valence-electron chi connectivity index (χ0n) is 38.3. The van der Waals surface area contributed by atoms with Crippen LogP contribution in [0.5, 0.6) is 0 Å². The van der Waals surface area contributed by atoms with Crippen LogP contribution in [0, 0.1) is 5.92 Å². The van der Waals surface area contributed by atoms with Crippen molar-refractivity contribution in [1.82, 2.24) is 15.5 Å². The molecular formula is C49H87N3O8. The fourth-order valence-corrected chi connectivity index (χ4v) is 8.16. The van der Waals surface area contributed by atoms with Crippen LogP contribution >= 0.6 is 0 Å². The first-order valence-electron chi connectivity index (χ1n) is 24.3. The second-order valence-electron chi connectivity index (χ2n) is 17.7. The number of aliphatic hydroxyl groups is 3. The molecule has 0 radical (unpaired) electrons. The fraction of sp³-hybridized carbons (Fsp3) is 0.816. The van der Waals surface area contributed by atoms with E-state index in [-0.39, 0.29) is 18.4 Å². The number of alkyl carbamates (subject to hydrolysis) is 1. The van der Waals surface area contributed by atoms with E-state index < -0.39 is 55.2 Å². The highest BCUT2D eigenvalue weighted by molar-refractivity contribution is 5.86. The molecule has 11 nitrogen and oxygen atoms in total. The largest absolute Gasteiger partial charge is 0.445 e. The fourth-order valence-electron chi connectivity index (χ4n) is 8.16. The number of ether oxygens (including phenoxy) is 2. The second-order valence-corrected chi connectivity index (χ2v) is 17.7. The smallest absolute Gasteiger partial charge is 0.408 e. The van der Waals surface area contributed by atoms with Crippen LogP contribution in [0.4, 0.5) is 4.79 Å². The van der Waals surface area contributed by atoms with E-state index in [2.05, 4.69) is 24.5 Å². The number of amides is 3. The maximum absolute atomic E-state index is 14.1. The molecule has 1 aliphatic rings. The lowest BCUT2D eigenvalue weighted by Crippen LogP contribution is -2.70. The third kappa shape index (κ3) is 22.4. The molecule has 346 valence electrons. The molecule has 1 aromatic carbocycles. The third-order valence-corrected chi connectivity index (χ3v) is 12.0. The molecule has 0 saturated carbocycles. The van der Waals surface area contributed by atoms with Gasteiger partial charge in [-0.3, -0.25) is 9.59 Å². The van der Waals surface area contributed by atoms with Gasteiger partial charge in [-0.25, -0.2) is 4.79 Å². The Kier molecular flexibility index (Phi) is 30.1. The molecule has 1 fully saturated rings. The number of carbonyl (C=O) groups excluding carboxylic acids is 3. The van der Waals surface area contributed by atoms with Crippen molar-refractivity contribution in [1.29, 1.82) is 0 Å². The Bertz CT molecular complexity index is 1240. The van der Waals surface area contributed by atoms with Gasteiger partial charge in [0.15, 0.2) is 6.23 Å². The predicted molar refractivity (Wildman–Crippen MR) is 241 cm³/mol. The number of aliphatic hydroxyl groups excluding tert-OH is 3. The summed E-state index contributed by atoms with van der Waals surface area (Å²) in [6.45, 7) is 7.85. The van der Waals surface area contributed by atoms with Crippen molar-refractivity contribution in [3.63, 3.8) is 0 Å². The number of carbonyl (C=O) groups is 3. The van der Waals surface area contributed by atoms with Gasteiger partial charge in [-0.2, -0.15) is 0 Å². The second kappa shape index (κ2) is 33.8. The van der Waals surface area contributed by atoms with Crippen LogP contribution in [0.25, 0.3) is 0 Å². The van der Waals surface area contributed by atoms with E-state index in [1.165, 1.54) is 109 Å². The van der Waals surface area contributed by atoms with E-state index in [4.69, 9.17) is 9.47 Å². The quantitative estimate of drug-likeness (QED) is 0.0423. The van der Waals surface area contributed by atoms with Crippen LogP contribution in [0.1, 0.15) is 200 Å². The maximum atomic E-state index is 14.1. The van der Waals surface area contributed by atoms with E-state index in [0.717, 1.165) is 44.1 Å². The first-order valence-corrected chi connectivity index (χ1v) is 24.3. The molecule has 2 rings (SSSR count). The Labute approximate surface area is 364 Å². The summed E-state index contributed by atoms with van der Waals surface area (Å²) in [6, 6.07) is 6.96. The Hall–Kier alpha value is -2.73. The molecule has 1 aliphatic heterocycles. The topological polar surface area (TPSA) is 158 Å². The van der Waals surface area contributed by atoms with E-state index in [0.29, 0.717) is 25.8 Å². The van der Waals surface area contributed by atoms with Gasteiger partial charge in [0, 0.05) is 13.0 Å². The summed E-state index contributed by atoms with van der Waals surface area (Å²) in [5.41, 5.74) is 0.799. The SMILES string of the molecule is CCCCCCCCCCCCCCCCCCN(C(=O)CCCCCCCCCCC)[C@@H]1O[C@H](CO)[C@@H](O)[C@H](O)[C@H]1NC(=O)[C@@H](NC(=O)OCc1ccccc1)C(C)C. The van der Waals surface area contributed by atoms with E-state index in [9.17, 15) is 29.7 Å². The van der Waals surface area contributed by atoms with Gasteiger partial charge in [0.25, 0.3) is 0 Å². The summed E-state index contributed by atoms with van der Waals surface area (Å²) in [5.74, 6) is -1.12. The standard InChI is InChI=1S/C49H87N3O8/c1-5-7-9-11-13-15-16-17-18-19-20-21-23-25-27-32-36-52(42(54)35-31-26-24-22-14-12-10-8-6-2)48-44(46(56)45(55)41(37-53)60-48)50-47(57)43(39(3)4)51-49(58)59-38-40-33-29-28-30-34-40/h28-30,33-34,39,41,43-46,48,53,55-56H,5-27,31-32,35-38H2,1-4H3,(H,50,57)(H,51,58)/t41-,43+,44-,45-,46-,48-/m1/s1. The molecule has 3 amide bonds. The average molecular weight is 846 g/mol. The number of rotatable bonds is 35. The highest BCUT2D eigenvalue weighted by Crippen LogP contribution is 2.26. The maximum Gasteiger partial charge on any atom is 0.408 e. The van der Waals surface area contributed by atoms with E-state index >= 15 is 0 Å². The Morgan fingerprint density at radius 2 is 1.15 bits per heavy atom.